The smallest absolute Gasteiger partial charge is 0.285 e. The van der Waals surface area contributed by atoms with Crippen molar-refractivity contribution in [2.75, 3.05) is 29.6 Å². The van der Waals surface area contributed by atoms with Crippen LogP contribution in [-0.2, 0) is 17.1 Å². The summed E-state index contributed by atoms with van der Waals surface area (Å²) >= 11 is 6.02. The van der Waals surface area contributed by atoms with Crippen molar-refractivity contribution in [2.24, 2.45) is 7.05 Å². The molecule has 222 valence electrons. The molecule has 14 heteroatoms. The van der Waals surface area contributed by atoms with Crippen LogP contribution in [0.1, 0.15) is 65.0 Å². The number of amides is 1. The Hall–Kier alpha value is -3.97. The Bertz CT molecular complexity index is 1850. The van der Waals surface area contributed by atoms with Gasteiger partial charge in [0.1, 0.15) is 10.9 Å². The first-order valence-corrected chi connectivity index (χ1v) is 15.7. The van der Waals surface area contributed by atoms with Crippen LogP contribution in [0.4, 0.5) is 11.6 Å². The number of halogens is 1. The van der Waals surface area contributed by atoms with E-state index in [1.165, 1.54) is 6.07 Å². The number of pyridine rings is 1. The first-order valence-electron chi connectivity index (χ1n) is 13.4. The second-order valence-electron chi connectivity index (χ2n) is 10.7. The van der Waals surface area contributed by atoms with Crippen LogP contribution in [0.5, 0.6) is 0 Å². The van der Waals surface area contributed by atoms with E-state index in [0.29, 0.717) is 29.9 Å². The lowest BCUT2D eigenvalue weighted by Gasteiger charge is -2.32. The van der Waals surface area contributed by atoms with E-state index < -0.39 is 22.0 Å². The zero-order valence-corrected chi connectivity index (χ0v) is 25.5. The zero-order valence-electron chi connectivity index (χ0n) is 23.9. The highest BCUT2D eigenvalue weighted by molar-refractivity contribution is 7.89. The molecule has 0 bridgehead atoms. The number of carbonyl (C=O) groups is 1. The van der Waals surface area contributed by atoms with Crippen LogP contribution in [0.3, 0.4) is 0 Å². The number of nitrogens with one attached hydrogen (secondary N) is 2. The summed E-state index contributed by atoms with van der Waals surface area (Å²) in [4.78, 5) is 41.9. The summed E-state index contributed by atoms with van der Waals surface area (Å²) in [5.74, 6) is 1.38. The molecule has 0 unspecified atom stereocenters. The fourth-order valence-corrected chi connectivity index (χ4v) is 5.87. The van der Waals surface area contributed by atoms with Crippen molar-refractivity contribution in [1.82, 2.24) is 24.2 Å². The molecular formula is C28H32ClN7O5S. The molecule has 0 saturated carbocycles. The molecular weight excluding hydrogens is 582 g/mol. The van der Waals surface area contributed by atoms with E-state index in [2.05, 4.69) is 20.2 Å². The number of nitrogens with zero attached hydrogens (tertiary/aromatic N) is 5. The summed E-state index contributed by atoms with van der Waals surface area (Å²) < 4.78 is 32.6. The van der Waals surface area contributed by atoms with Gasteiger partial charge in [-0.2, -0.15) is 0 Å². The molecule has 1 atom stereocenters. The fraction of sp³-hybridized carbons (Fsp3) is 0.393. The van der Waals surface area contributed by atoms with Crippen LogP contribution in [-0.4, -0.2) is 53.2 Å². The SMILES string of the molecule is Cc1cc([C@@H](C)Nc2ccc(Cl)nc2C(=O)NS(C)(=O)=O)c2nc(N3CCC(c4ncc(C)o4)CC3)n(C)c(=O)c2c1. The number of sulfonamides is 1. The molecule has 0 aliphatic carbocycles. The Morgan fingerprint density at radius 1 is 1.17 bits per heavy atom. The molecule has 1 aliphatic rings. The number of anilines is 2. The number of aromatic nitrogens is 4. The molecule has 1 aliphatic heterocycles. The van der Waals surface area contributed by atoms with Crippen molar-refractivity contribution in [2.45, 2.75) is 45.6 Å². The van der Waals surface area contributed by atoms with Gasteiger partial charge in [0.15, 0.2) is 11.6 Å². The van der Waals surface area contributed by atoms with E-state index in [1.807, 2.05) is 37.6 Å². The van der Waals surface area contributed by atoms with Crippen molar-refractivity contribution < 1.29 is 17.6 Å². The lowest BCUT2D eigenvalue weighted by molar-refractivity contribution is 0.0977. The third-order valence-electron chi connectivity index (χ3n) is 7.29. The van der Waals surface area contributed by atoms with E-state index in [9.17, 15) is 18.0 Å². The number of benzene rings is 1. The third kappa shape index (κ3) is 6.12. The number of piperidine rings is 1. The maximum atomic E-state index is 13.6. The summed E-state index contributed by atoms with van der Waals surface area (Å²) in [7, 11) is -2.10. The Balaban J connectivity index is 1.49. The Kier molecular flexibility index (Phi) is 7.99. The first-order chi connectivity index (χ1) is 19.8. The number of fused-ring (bicyclic) bond motifs is 1. The van der Waals surface area contributed by atoms with Gasteiger partial charge in [-0.1, -0.05) is 17.7 Å². The lowest BCUT2D eigenvalue weighted by atomic mass is 9.97. The average Bonchev–Trinajstić information content (AvgIpc) is 3.37. The average molecular weight is 614 g/mol. The Labute approximate surface area is 248 Å². The summed E-state index contributed by atoms with van der Waals surface area (Å²) in [6.07, 6.45) is 4.24. The van der Waals surface area contributed by atoms with Gasteiger partial charge in [0.2, 0.25) is 16.0 Å². The summed E-state index contributed by atoms with van der Waals surface area (Å²) in [6, 6.07) is 6.35. The van der Waals surface area contributed by atoms with Crippen LogP contribution < -0.4 is 20.5 Å². The fourth-order valence-electron chi connectivity index (χ4n) is 5.29. The molecule has 1 fully saturated rings. The lowest BCUT2D eigenvalue weighted by Crippen LogP contribution is -2.37. The molecule has 4 aromatic rings. The zero-order chi connectivity index (χ0) is 30.3. The Morgan fingerprint density at radius 3 is 2.52 bits per heavy atom. The minimum Gasteiger partial charge on any atom is -0.446 e. The number of hydrogen-bond acceptors (Lipinski definition) is 10. The highest BCUT2D eigenvalue weighted by Crippen LogP contribution is 2.32. The molecule has 4 heterocycles. The van der Waals surface area contributed by atoms with E-state index in [1.54, 1.807) is 23.9 Å². The third-order valence-corrected chi connectivity index (χ3v) is 8.06. The number of oxazole rings is 1. The molecule has 42 heavy (non-hydrogen) atoms. The predicted octanol–water partition coefficient (Wildman–Crippen LogP) is 3.83. The highest BCUT2D eigenvalue weighted by atomic mass is 35.5. The molecule has 12 nitrogen and oxygen atoms in total. The van der Waals surface area contributed by atoms with E-state index in [0.717, 1.165) is 41.9 Å². The minimum atomic E-state index is -3.83. The van der Waals surface area contributed by atoms with Crippen molar-refractivity contribution in [3.63, 3.8) is 0 Å². The predicted molar refractivity (Wildman–Crippen MR) is 161 cm³/mol. The number of carbonyl (C=O) groups excluding carboxylic acids is 1. The standard InChI is InChI=1S/C28H32ClN7O5S/c1-15-12-19(17(3)31-21-6-7-22(29)32-24(21)25(37)34-42(5,39)40)23-20(13-15)27(38)35(4)28(33-23)36-10-8-18(9-11-36)26-30-14-16(2)41-26/h6-7,12-14,17-18,31H,8-11H2,1-5H3,(H,34,37)/t17-/m1/s1. The molecule has 1 amide bonds. The van der Waals surface area contributed by atoms with E-state index >= 15 is 0 Å². The number of aryl methyl sites for hydroxylation is 2. The summed E-state index contributed by atoms with van der Waals surface area (Å²) in [5.41, 5.74) is 2.07. The largest absolute Gasteiger partial charge is 0.446 e. The van der Waals surface area contributed by atoms with Gasteiger partial charge in [-0.25, -0.2) is 28.1 Å². The van der Waals surface area contributed by atoms with Crippen molar-refractivity contribution in [1.29, 1.82) is 0 Å². The normalized spacial score (nSPS) is 15.1. The van der Waals surface area contributed by atoms with Crippen molar-refractivity contribution in [3.8, 4) is 0 Å². The molecule has 0 radical (unpaired) electrons. The van der Waals surface area contributed by atoms with Crippen molar-refractivity contribution in [3.05, 3.63) is 74.4 Å². The van der Waals surface area contributed by atoms with Crippen LogP contribution in [0.2, 0.25) is 5.15 Å². The van der Waals surface area contributed by atoms with Gasteiger partial charge in [-0.05, 0) is 57.4 Å². The van der Waals surface area contributed by atoms with E-state index in [-0.39, 0.29) is 28.0 Å². The monoisotopic (exact) mass is 613 g/mol. The minimum absolute atomic E-state index is 0.0319. The quantitative estimate of drug-likeness (QED) is 0.294. The highest BCUT2D eigenvalue weighted by Gasteiger charge is 2.27. The van der Waals surface area contributed by atoms with Crippen LogP contribution in [0.15, 0.2) is 39.7 Å². The molecule has 1 saturated heterocycles. The van der Waals surface area contributed by atoms with Crippen LogP contribution >= 0.6 is 11.6 Å². The van der Waals surface area contributed by atoms with Gasteiger partial charge in [0.05, 0.1) is 35.1 Å². The van der Waals surface area contributed by atoms with Gasteiger partial charge in [-0.3, -0.25) is 14.2 Å². The second kappa shape index (κ2) is 11.4. The summed E-state index contributed by atoms with van der Waals surface area (Å²) in [5, 5.41) is 3.75. The van der Waals surface area contributed by atoms with Gasteiger partial charge in [0.25, 0.3) is 11.5 Å². The number of rotatable bonds is 7. The maximum absolute atomic E-state index is 13.6. The van der Waals surface area contributed by atoms with Crippen LogP contribution in [0, 0.1) is 13.8 Å². The maximum Gasteiger partial charge on any atom is 0.285 e. The van der Waals surface area contributed by atoms with Gasteiger partial charge in [0, 0.05) is 31.6 Å². The van der Waals surface area contributed by atoms with Crippen molar-refractivity contribution >= 4 is 50.1 Å². The molecule has 2 N–H and O–H groups in total. The topological polar surface area (TPSA) is 152 Å². The first kappa shape index (κ1) is 29.5. The van der Waals surface area contributed by atoms with Gasteiger partial charge >= 0.3 is 0 Å². The molecule has 5 rings (SSSR count). The second-order valence-corrected chi connectivity index (χ2v) is 12.8. The summed E-state index contributed by atoms with van der Waals surface area (Å²) in [6.45, 7) is 7.01. The van der Waals surface area contributed by atoms with Gasteiger partial charge < -0.3 is 14.6 Å². The van der Waals surface area contributed by atoms with Gasteiger partial charge in [-0.15, -0.1) is 0 Å². The van der Waals surface area contributed by atoms with Crippen LogP contribution in [0.25, 0.3) is 10.9 Å². The van der Waals surface area contributed by atoms with E-state index in [4.69, 9.17) is 21.0 Å². The number of hydrogen-bond donors (Lipinski definition) is 2. The molecule has 0 spiro atoms. The molecule has 3 aromatic heterocycles. The Morgan fingerprint density at radius 2 is 1.88 bits per heavy atom. The molecule has 1 aromatic carbocycles.